The number of allylic oxidation sites excluding steroid dienone is 1. The van der Waals surface area contributed by atoms with Gasteiger partial charge in [0.15, 0.2) is 0 Å². The first-order valence-electron chi connectivity index (χ1n) is 8.18. The minimum Gasteiger partial charge on any atom is -0.221 e. The van der Waals surface area contributed by atoms with Crippen LogP contribution in [0.4, 0.5) is 4.39 Å². The summed E-state index contributed by atoms with van der Waals surface area (Å²) in [5.74, 6) is -0.403. The minimum atomic E-state index is -4.01. The molecular weight excluding hydrogens is 401 g/mol. The first-order valence-corrected chi connectivity index (χ1v) is 10.0. The summed E-state index contributed by atoms with van der Waals surface area (Å²) in [7, 11) is -4.01. The molecule has 142 valence electrons. The number of hydrogen-bond acceptors (Lipinski definition) is 4. The summed E-state index contributed by atoms with van der Waals surface area (Å²) in [4.78, 5) is -0.425. The maximum atomic E-state index is 13.1. The van der Waals surface area contributed by atoms with Crippen LogP contribution in [0.2, 0.25) is 5.15 Å². The molecule has 1 aromatic heterocycles. The number of rotatable bonds is 4. The Kier molecular flexibility index (Phi) is 5.36. The fraction of sp³-hybridized carbons (Fsp3) is 0.100. The largest absolute Gasteiger partial charge is 0.221 e. The molecule has 0 saturated carbocycles. The van der Waals surface area contributed by atoms with Crippen LogP contribution in [-0.2, 0) is 9.84 Å². The molecule has 0 aliphatic heterocycles. The van der Waals surface area contributed by atoms with Crippen molar-refractivity contribution in [2.24, 2.45) is 0 Å². The molecule has 3 rings (SSSR count). The summed E-state index contributed by atoms with van der Waals surface area (Å²) in [5.41, 5.74) is 2.15. The van der Waals surface area contributed by atoms with E-state index in [1.807, 2.05) is 6.92 Å². The molecule has 0 saturated heterocycles. The number of nitrogens with zero attached hydrogens (tertiary/aromatic N) is 3. The Morgan fingerprint density at radius 2 is 1.75 bits per heavy atom. The molecule has 0 unspecified atom stereocenters. The first-order chi connectivity index (χ1) is 13.2. The van der Waals surface area contributed by atoms with Gasteiger partial charge in [-0.25, -0.2) is 17.5 Å². The maximum Gasteiger partial charge on any atom is 0.216 e. The highest BCUT2D eigenvalue weighted by Gasteiger charge is 2.23. The van der Waals surface area contributed by atoms with Crippen molar-refractivity contribution in [3.8, 4) is 11.8 Å². The number of sulfone groups is 1. The summed E-state index contributed by atoms with van der Waals surface area (Å²) < 4.78 is 40.1. The predicted molar refractivity (Wildman–Crippen MR) is 105 cm³/mol. The van der Waals surface area contributed by atoms with Crippen molar-refractivity contribution in [1.29, 1.82) is 5.26 Å². The van der Waals surface area contributed by atoms with E-state index >= 15 is 0 Å². The van der Waals surface area contributed by atoms with E-state index in [9.17, 15) is 18.1 Å². The summed E-state index contributed by atoms with van der Waals surface area (Å²) >= 11 is 6.38. The number of hydrogen-bond donors (Lipinski definition) is 0. The molecule has 0 radical (unpaired) electrons. The first kappa shape index (κ1) is 19.8. The SMILES string of the molecule is Cc1ccc(S(=O)(=O)C(C#N)=Cc2c(C)nn(-c3ccc(F)cc3)c2Cl)cc1. The Hall–Kier alpha value is -2.95. The van der Waals surface area contributed by atoms with Crippen LogP contribution in [0.25, 0.3) is 11.8 Å². The van der Waals surface area contributed by atoms with Crippen LogP contribution in [0.1, 0.15) is 16.8 Å². The van der Waals surface area contributed by atoms with E-state index in [1.165, 1.54) is 47.2 Å². The van der Waals surface area contributed by atoms with Crippen molar-refractivity contribution in [3.63, 3.8) is 0 Å². The fourth-order valence-electron chi connectivity index (χ4n) is 2.57. The normalized spacial score (nSPS) is 12.0. The molecule has 3 aromatic rings. The standard InChI is InChI=1S/C20H15ClFN3O2S/c1-13-3-9-17(10-4-13)28(26,27)18(12-23)11-19-14(2)24-25(20(19)21)16-7-5-15(22)6-8-16/h3-11H,1-2H3. The van der Waals surface area contributed by atoms with Crippen molar-refractivity contribution >= 4 is 27.5 Å². The number of nitriles is 1. The Labute approximate surface area is 167 Å². The average Bonchev–Trinajstić information content (AvgIpc) is 2.94. The van der Waals surface area contributed by atoms with E-state index in [4.69, 9.17) is 11.6 Å². The second-order valence-corrected chi connectivity index (χ2v) is 8.39. The fourth-order valence-corrected chi connectivity index (χ4v) is 4.04. The molecule has 0 aliphatic rings. The zero-order chi connectivity index (χ0) is 20.5. The Morgan fingerprint density at radius 3 is 2.32 bits per heavy atom. The lowest BCUT2D eigenvalue weighted by atomic mass is 10.2. The highest BCUT2D eigenvalue weighted by molar-refractivity contribution is 7.95. The van der Waals surface area contributed by atoms with E-state index in [-0.39, 0.29) is 10.0 Å². The summed E-state index contributed by atoms with van der Waals surface area (Å²) in [6.07, 6.45) is 1.21. The summed E-state index contributed by atoms with van der Waals surface area (Å²) in [6, 6.07) is 13.5. The molecule has 2 aromatic carbocycles. The third-order valence-electron chi connectivity index (χ3n) is 4.13. The summed E-state index contributed by atoms with van der Waals surface area (Å²) in [5, 5.41) is 13.9. The predicted octanol–water partition coefficient (Wildman–Crippen LogP) is 4.62. The van der Waals surface area contributed by atoms with Gasteiger partial charge in [0.1, 0.15) is 21.9 Å². The smallest absolute Gasteiger partial charge is 0.216 e. The van der Waals surface area contributed by atoms with E-state index in [0.717, 1.165) is 5.56 Å². The van der Waals surface area contributed by atoms with Crippen LogP contribution in [0.15, 0.2) is 58.3 Å². The highest BCUT2D eigenvalue weighted by Crippen LogP contribution is 2.28. The molecular formula is C20H15ClFN3O2S. The molecule has 0 spiro atoms. The molecule has 0 N–H and O–H groups in total. The van der Waals surface area contributed by atoms with Gasteiger partial charge in [-0.1, -0.05) is 29.3 Å². The van der Waals surface area contributed by atoms with Gasteiger partial charge < -0.3 is 0 Å². The second-order valence-electron chi connectivity index (χ2n) is 6.11. The van der Waals surface area contributed by atoms with Crippen molar-refractivity contribution in [3.05, 3.63) is 81.2 Å². The van der Waals surface area contributed by atoms with Crippen molar-refractivity contribution < 1.29 is 12.8 Å². The molecule has 1 heterocycles. The van der Waals surface area contributed by atoms with Gasteiger partial charge in [-0.3, -0.25) is 0 Å². The third kappa shape index (κ3) is 3.70. The number of halogens is 2. The molecule has 5 nitrogen and oxygen atoms in total. The van der Waals surface area contributed by atoms with Gasteiger partial charge >= 0.3 is 0 Å². The van der Waals surface area contributed by atoms with Crippen molar-refractivity contribution in [2.75, 3.05) is 0 Å². The van der Waals surface area contributed by atoms with E-state index < -0.39 is 20.6 Å². The minimum absolute atomic E-state index is 0.0191. The number of aryl methyl sites for hydroxylation is 2. The molecule has 0 aliphatic carbocycles. The number of aromatic nitrogens is 2. The van der Waals surface area contributed by atoms with Gasteiger partial charge in [-0.2, -0.15) is 10.4 Å². The summed E-state index contributed by atoms with van der Waals surface area (Å²) in [6.45, 7) is 3.48. The maximum absolute atomic E-state index is 13.1. The molecule has 0 bridgehead atoms. The highest BCUT2D eigenvalue weighted by atomic mass is 35.5. The van der Waals surface area contributed by atoms with Gasteiger partial charge in [0.05, 0.1) is 16.3 Å². The Morgan fingerprint density at radius 1 is 1.14 bits per heavy atom. The number of benzene rings is 2. The van der Waals surface area contributed by atoms with Gasteiger partial charge in [0.2, 0.25) is 9.84 Å². The van der Waals surface area contributed by atoms with Crippen LogP contribution in [0.3, 0.4) is 0 Å². The van der Waals surface area contributed by atoms with Gasteiger partial charge in [0, 0.05) is 5.56 Å². The monoisotopic (exact) mass is 415 g/mol. The topological polar surface area (TPSA) is 75.8 Å². The lowest BCUT2D eigenvalue weighted by Crippen LogP contribution is -2.03. The zero-order valence-corrected chi connectivity index (χ0v) is 16.6. The average molecular weight is 416 g/mol. The van der Waals surface area contributed by atoms with Crippen LogP contribution < -0.4 is 0 Å². The quantitative estimate of drug-likeness (QED) is 0.582. The molecule has 8 heteroatoms. The molecule has 0 fully saturated rings. The Bertz CT molecular complexity index is 1210. The van der Waals surface area contributed by atoms with Crippen molar-refractivity contribution in [2.45, 2.75) is 18.7 Å². The molecule has 28 heavy (non-hydrogen) atoms. The second kappa shape index (κ2) is 7.58. The molecule has 0 atom stereocenters. The van der Waals surface area contributed by atoms with Crippen LogP contribution in [0.5, 0.6) is 0 Å². The lowest BCUT2D eigenvalue weighted by Gasteiger charge is -2.04. The zero-order valence-electron chi connectivity index (χ0n) is 15.0. The van der Waals surface area contributed by atoms with E-state index in [2.05, 4.69) is 5.10 Å². The van der Waals surface area contributed by atoms with E-state index in [0.29, 0.717) is 16.9 Å². The van der Waals surface area contributed by atoms with Gasteiger partial charge in [-0.15, -0.1) is 0 Å². The van der Waals surface area contributed by atoms with E-state index in [1.54, 1.807) is 25.1 Å². The van der Waals surface area contributed by atoms with Crippen molar-refractivity contribution in [1.82, 2.24) is 9.78 Å². The Balaban J connectivity index is 2.10. The van der Waals surface area contributed by atoms with Gasteiger partial charge in [0.25, 0.3) is 0 Å². The third-order valence-corrected chi connectivity index (χ3v) is 6.17. The van der Waals surface area contributed by atoms with Crippen LogP contribution in [-0.4, -0.2) is 18.2 Å². The lowest BCUT2D eigenvalue weighted by molar-refractivity contribution is 0.603. The molecule has 0 amide bonds. The van der Waals surface area contributed by atoms with Gasteiger partial charge in [-0.05, 0) is 56.3 Å². The van der Waals surface area contributed by atoms with Crippen LogP contribution >= 0.6 is 11.6 Å². The van der Waals surface area contributed by atoms with Crippen LogP contribution in [0, 0.1) is 31.0 Å².